The summed E-state index contributed by atoms with van der Waals surface area (Å²) < 4.78 is 5.57. The summed E-state index contributed by atoms with van der Waals surface area (Å²) >= 11 is 0. The number of ether oxygens (including phenoxy) is 1. The number of anilines is 2. The van der Waals surface area contributed by atoms with Crippen molar-refractivity contribution in [3.05, 3.63) is 23.8 Å². The second-order valence-electron chi connectivity index (χ2n) is 5.01. The summed E-state index contributed by atoms with van der Waals surface area (Å²) in [7, 11) is 0. The highest BCUT2D eigenvalue weighted by Gasteiger charge is 2.14. The second-order valence-corrected chi connectivity index (χ2v) is 5.01. The molecular weight excluding hydrogens is 254 g/mol. The Labute approximate surface area is 119 Å². The monoisotopic (exact) mass is 277 g/mol. The maximum absolute atomic E-state index is 11.7. The lowest BCUT2D eigenvalue weighted by molar-refractivity contribution is 0.0956. The van der Waals surface area contributed by atoms with Gasteiger partial charge in [-0.05, 0) is 44.4 Å². The van der Waals surface area contributed by atoms with Gasteiger partial charge in [-0.25, -0.2) is 0 Å². The number of benzene rings is 1. The Bertz CT molecular complexity index is 456. The molecule has 4 N–H and O–H groups in total. The molecule has 1 amide bonds. The first-order chi connectivity index (χ1) is 9.70. The number of carbonyl (C=O) groups is 1. The lowest BCUT2D eigenvalue weighted by Gasteiger charge is -2.13. The highest BCUT2D eigenvalue weighted by Crippen LogP contribution is 2.21. The molecule has 1 fully saturated rings. The van der Waals surface area contributed by atoms with E-state index in [2.05, 4.69) is 10.6 Å². The molecule has 1 aromatic rings. The Morgan fingerprint density at radius 1 is 1.50 bits per heavy atom. The van der Waals surface area contributed by atoms with Gasteiger partial charge in [0.25, 0.3) is 5.91 Å². The van der Waals surface area contributed by atoms with Gasteiger partial charge in [-0.1, -0.05) is 0 Å². The van der Waals surface area contributed by atoms with Gasteiger partial charge in [0.2, 0.25) is 0 Å². The van der Waals surface area contributed by atoms with Crippen molar-refractivity contribution in [2.75, 3.05) is 30.7 Å². The van der Waals surface area contributed by atoms with Crippen molar-refractivity contribution in [2.45, 2.75) is 32.3 Å². The van der Waals surface area contributed by atoms with E-state index in [1.807, 2.05) is 13.0 Å². The summed E-state index contributed by atoms with van der Waals surface area (Å²) in [6.07, 6.45) is 3.66. The number of nitrogens with one attached hydrogen (secondary N) is 2. The van der Waals surface area contributed by atoms with Crippen LogP contribution in [0, 0.1) is 0 Å². The van der Waals surface area contributed by atoms with E-state index in [0.717, 1.165) is 38.1 Å². The van der Waals surface area contributed by atoms with Crippen molar-refractivity contribution >= 4 is 17.3 Å². The Morgan fingerprint density at radius 3 is 3.00 bits per heavy atom. The predicted molar refractivity (Wildman–Crippen MR) is 80.9 cm³/mol. The van der Waals surface area contributed by atoms with Crippen LogP contribution in [0.15, 0.2) is 18.2 Å². The highest BCUT2D eigenvalue weighted by molar-refractivity contribution is 5.96. The first-order valence-corrected chi connectivity index (χ1v) is 7.24. The minimum atomic E-state index is -0.0925. The summed E-state index contributed by atoms with van der Waals surface area (Å²) in [6, 6.07) is 5.35. The van der Waals surface area contributed by atoms with Gasteiger partial charge >= 0.3 is 0 Å². The van der Waals surface area contributed by atoms with Crippen molar-refractivity contribution in [3.8, 4) is 0 Å². The van der Waals surface area contributed by atoms with Gasteiger partial charge in [-0.2, -0.15) is 0 Å². The maximum Gasteiger partial charge on any atom is 0.251 e. The van der Waals surface area contributed by atoms with Crippen LogP contribution in [-0.4, -0.2) is 31.7 Å². The second kappa shape index (κ2) is 7.14. The summed E-state index contributed by atoms with van der Waals surface area (Å²) in [5.74, 6) is -0.0925. The van der Waals surface area contributed by atoms with Gasteiger partial charge < -0.3 is 21.1 Å². The first-order valence-electron chi connectivity index (χ1n) is 7.24. The SMILES string of the molecule is CCNC(=O)c1ccc(NCCC2CCCO2)c(N)c1. The molecule has 0 bridgehead atoms. The Hall–Kier alpha value is -1.75. The minimum Gasteiger partial charge on any atom is -0.397 e. The first kappa shape index (κ1) is 14.7. The zero-order valence-electron chi connectivity index (χ0n) is 11.9. The molecule has 1 saturated heterocycles. The normalized spacial score (nSPS) is 17.9. The zero-order valence-corrected chi connectivity index (χ0v) is 11.9. The fraction of sp³-hybridized carbons (Fsp3) is 0.533. The molecule has 0 aliphatic carbocycles. The van der Waals surface area contributed by atoms with Crippen LogP contribution in [-0.2, 0) is 4.74 Å². The lowest BCUT2D eigenvalue weighted by atomic mass is 10.1. The van der Waals surface area contributed by atoms with Crippen LogP contribution in [0.5, 0.6) is 0 Å². The van der Waals surface area contributed by atoms with Crippen LogP contribution < -0.4 is 16.4 Å². The molecule has 5 nitrogen and oxygen atoms in total. The number of hydrogen-bond acceptors (Lipinski definition) is 4. The average molecular weight is 277 g/mol. The largest absolute Gasteiger partial charge is 0.397 e. The molecule has 110 valence electrons. The van der Waals surface area contributed by atoms with Crippen LogP contribution in [0.3, 0.4) is 0 Å². The number of nitrogen functional groups attached to an aromatic ring is 1. The van der Waals surface area contributed by atoms with Crippen molar-refractivity contribution in [1.29, 1.82) is 0 Å². The third kappa shape index (κ3) is 3.87. The van der Waals surface area contributed by atoms with Crippen LogP contribution in [0.2, 0.25) is 0 Å². The molecule has 0 radical (unpaired) electrons. The average Bonchev–Trinajstić information content (AvgIpc) is 2.94. The van der Waals surface area contributed by atoms with Crippen LogP contribution in [0.1, 0.15) is 36.5 Å². The Kier molecular flexibility index (Phi) is 5.24. The predicted octanol–water partition coefficient (Wildman–Crippen LogP) is 2.00. The fourth-order valence-corrected chi connectivity index (χ4v) is 2.37. The molecule has 1 atom stereocenters. The van der Waals surface area contributed by atoms with E-state index in [-0.39, 0.29) is 5.91 Å². The number of rotatable bonds is 6. The molecule has 20 heavy (non-hydrogen) atoms. The summed E-state index contributed by atoms with van der Waals surface area (Å²) in [6.45, 7) is 4.21. The van der Waals surface area contributed by atoms with Gasteiger partial charge in [0.05, 0.1) is 17.5 Å². The van der Waals surface area contributed by atoms with E-state index < -0.39 is 0 Å². The lowest BCUT2D eigenvalue weighted by Crippen LogP contribution is -2.22. The molecule has 0 spiro atoms. The van der Waals surface area contributed by atoms with Gasteiger partial charge in [0.1, 0.15) is 0 Å². The number of nitrogens with two attached hydrogens (primary N) is 1. The molecule has 1 aliphatic heterocycles. The van der Waals surface area contributed by atoms with Gasteiger partial charge in [0.15, 0.2) is 0 Å². The van der Waals surface area contributed by atoms with E-state index in [0.29, 0.717) is 23.9 Å². The van der Waals surface area contributed by atoms with Crippen molar-refractivity contribution < 1.29 is 9.53 Å². The van der Waals surface area contributed by atoms with E-state index in [1.54, 1.807) is 12.1 Å². The van der Waals surface area contributed by atoms with E-state index in [9.17, 15) is 4.79 Å². The molecule has 1 heterocycles. The van der Waals surface area contributed by atoms with E-state index in [4.69, 9.17) is 10.5 Å². The quantitative estimate of drug-likeness (QED) is 0.695. The van der Waals surface area contributed by atoms with Gasteiger partial charge in [-0.3, -0.25) is 4.79 Å². The Balaban J connectivity index is 1.87. The molecular formula is C15H23N3O2. The third-order valence-electron chi connectivity index (χ3n) is 3.46. The third-order valence-corrected chi connectivity index (χ3v) is 3.46. The molecule has 1 unspecified atom stereocenters. The number of carbonyl (C=O) groups excluding carboxylic acids is 1. The molecule has 1 aromatic carbocycles. The fourth-order valence-electron chi connectivity index (χ4n) is 2.37. The highest BCUT2D eigenvalue weighted by atomic mass is 16.5. The minimum absolute atomic E-state index is 0.0925. The molecule has 5 heteroatoms. The van der Waals surface area contributed by atoms with Gasteiger partial charge in [-0.15, -0.1) is 0 Å². The van der Waals surface area contributed by atoms with E-state index in [1.165, 1.54) is 0 Å². The number of hydrogen-bond donors (Lipinski definition) is 3. The summed E-state index contributed by atoms with van der Waals surface area (Å²) in [5, 5.41) is 6.06. The van der Waals surface area contributed by atoms with Crippen molar-refractivity contribution in [2.24, 2.45) is 0 Å². The Morgan fingerprint density at radius 2 is 2.35 bits per heavy atom. The van der Waals surface area contributed by atoms with Crippen LogP contribution in [0.25, 0.3) is 0 Å². The summed E-state index contributed by atoms with van der Waals surface area (Å²) in [4.78, 5) is 11.7. The van der Waals surface area contributed by atoms with Crippen molar-refractivity contribution in [1.82, 2.24) is 5.32 Å². The van der Waals surface area contributed by atoms with E-state index >= 15 is 0 Å². The molecule has 0 saturated carbocycles. The topological polar surface area (TPSA) is 76.4 Å². The summed E-state index contributed by atoms with van der Waals surface area (Å²) in [5.41, 5.74) is 8.04. The van der Waals surface area contributed by atoms with Gasteiger partial charge in [0, 0.05) is 25.3 Å². The molecule has 2 rings (SSSR count). The van der Waals surface area contributed by atoms with Crippen molar-refractivity contribution in [3.63, 3.8) is 0 Å². The smallest absolute Gasteiger partial charge is 0.251 e. The standard InChI is InChI=1S/C15H23N3O2/c1-2-17-15(19)11-5-6-14(13(16)10-11)18-8-7-12-4-3-9-20-12/h5-6,10,12,18H,2-4,7-9,16H2,1H3,(H,17,19). The number of amides is 1. The molecule has 1 aliphatic rings. The van der Waals surface area contributed by atoms with Crippen LogP contribution in [0.4, 0.5) is 11.4 Å². The molecule has 0 aromatic heterocycles. The zero-order chi connectivity index (χ0) is 14.4. The maximum atomic E-state index is 11.7. The van der Waals surface area contributed by atoms with Crippen LogP contribution >= 0.6 is 0 Å².